The van der Waals surface area contributed by atoms with Crippen LogP contribution in [0.15, 0.2) is 39.5 Å². The zero-order valence-corrected chi connectivity index (χ0v) is 10.9. The SMILES string of the molecule is O=C(NCCc1nn[nH]n1)c1cc2ccccc2oc1=O. The number of para-hydroxylation sites is 1. The van der Waals surface area contributed by atoms with Gasteiger partial charge in [-0.1, -0.05) is 23.4 Å². The van der Waals surface area contributed by atoms with Gasteiger partial charge in [0.15, 0.2) is 5.82 Å². The average Bonchev–Trinajstić information content (AvgIpc) is 2.99. The second kappa shape index (κ2) is 5.53. The van der Waals surface area contributed by atoms with E-state index in [0.717, 1.165) is 0 Å². The third-order valence-electron chi connectivity index (χ3n) is 2.91. The molecule has 1 aromatic carbocycles. The van der Waals surface area contributed by atoms with E-state index in [0.29, 0.717) is 29.8 Å². The fourth-order valence-electron chi connectivity index (χ4n) is 1.89. The molecular formula is C13H11N5O3. The Morgan fingerprint density at radius 1 is 1.33 bits per heavy atom. The Hall–Kier alpha value is -3.03. The summed E-state index contributed by atoms with van der Waals surface area (Å²) in [5, 5.41) is 16.6. The number of hydrogen-bond acceptors (Lipinski definition) is 6. The van der Waals surface area contributed by atoms with E-state index in [4.69, 9.17) is 4.42 Å². The number of aromatic amines is 1. The van der Waals surface area contributed by atoms with Gasteiger partial charge < -0.3 is 9.73 Å². The fourth-order valence-corrected chi connectivity index (χ4v) is 1.89. The number of rotatable bonds is 4. The number of aromatic nitrogens is 4. The Kier molecular flexibility index (Phi) is 3.42. The number of benzene rings is 1. The van der Waals surface area contributed by atoms with Gasteiger partial charge in [0.1, 0.15) is 11.1 Å². The number of tetrazole rings is 1. The van der Waals surface area contributed by atoms with Crippen LogP contribution in [0.2, 0.25) is 0 Å². The molecule has 0 unspecified atom stereocenters. The molecule has 0 aliphatic carbocycles. The number of hydrogen-bond donors (Lipinski definition) is 2. The predicted octanol–water partition coefficient (Wildman–Crippen LogP) is 0.279. The van der Waals surface area contributed by atoms with Crippen molar-refractivity contribution >= 4 is 16.9 Å². The van der Waals surface area contributed by atoms with Gasteiger partial charge in [-0.25, -0.2) is 4.79 Å². The second-order valence-electron chi connectivity index (χ2n) is 4.32. The summed E-state index contributed by atoms with van der Waals surface area (Å²) in [4.78, 5) is 23.8. The summed E-state index contributed by atoms with van der Waals surface area (Å²) in [6.07, 6.45) is 0.418. The van der Waals surface area contributed by atoms with Gasteiger partial charge in [-0.15, -0.1) is 10.2 Å². The molecule has 21 heavy (non-hydrogen) atoms. The first-order valence-electron chi connectivity index (χ1n) is 6.27. The van der Waals surface area contributed by atoms with Crippen molar-refractivity contribution in [1.29, 1.82) is 0 Å². The number of carbonyl (C=O) groups excluding carboxylic acids is 1. The zero-order valence-electron chi connectivity index (χ0n) is 10.9. The van der Waals surface area contributed by atoms with Crippen molar-refractivity contribution in [3.8, 4) is 0 Å². The lowest BCUT2D eigenvalue weighted by molar-refractivity contribution is 0.0950. The minimum absolute atomic E-state index is 0.0261. The van der Waals surface area contributed by atoms with E-state index >= 15 is 0 Å². The predicted molar refractivity (Wildman–Crippen MR) is 72.7 cm³/mol. The van der Waals surface area contributed by atoms with E-state index in [1.54, 1.807) is 24.3 Å². The van der Waals surface area contributed by atoms with Crippen LogP contribution in [0.3, 0.4) is 0 Å². The van der Waals surface area contributed by atoms with Crippen LogP contribution in [0, 0.1) is 0 Å². The van der Waals surface area contributed by atoms with Crippen LogP contribution in [-0.2, 0) is 6.42 Å². The maximum Gasteiger partial charge on any atom is 0.349 e. The molecule has 3 rings (SSSR count). The molecule has 0 aliphatic rings. The average molecular weight is 285 g/mol. The van der Waals surface area contributed by atoms with Crippen LogP contribution in [0.5, 0.6) is 0 Å². The highest BCUT2D eigenvalue weighted by molar-refractivity contribution is 5.96. The first kappa shape index (κ1) is 13.0. The van der Waals surface area contributed by atoms with Crippen LogP contribution in [0.4, 0.5) is 0 Å². The number of nitrogens with one attached hydrogen (secondary N) is 2. The molecule has 2 heterocycles. The molecular weight excluding hydrogens is 274 g/mol. The largest absolute Gasteiger partial charge is 0.422 e. The smallest absolute Gasteiger partial charge is 0.349 e. The van der Waals surface area contributed by atoms with E-state index in [1.807, 2.05) is 0 Å². The first-order chi connectivity index (χ1) is 10.2. The molecule has 3 aromatic rings. The van der Waals surface area contributed by atoms with Gasteiger partial charge in [-0.05, 0) is 12.1 Å². The highest BCUT2D eigenvalue weighted by Gasteiger charge is 2.13. The third-order valence-corrected chi connectivity index (χ3v) is 2.91. The molecule has 1 amide bonds. The van der Waals surface area contributed by atoms with Gasteiger partial charge in [0, 0.05) is 18.4 Å². The Morgan fingerprint density at radius 2 is 2.19 bits per heavy atom. The van der Waals surface area contributed by atoms with Gasteiger partial charge in [-0.3, -0.25) is 4.79 Å². The molecule has 0 saturated carbocycles. The molecule has 0 radical (unpaired) electrons. The lowest BCUT2D eigenvalue weighted by Gasteiger charge is -2.03. The summed E-state index contributed by atoms with van der Waals surface area (Å²) in [5.41, 5.74) is -0.238. The zero-order chi connectivity index (χ0) is 14.7. The van der Waals surface area contributed by atoms with E-state index in [2.05, 4.69) is 25.9 Å². The van der Waals surface area contributed by atoms with Crippen molar-refractivity contribution in [3.05, 3.63) is 52.1 Å². The van der Waals surface area contributed by atoms with Crippen molar-refractivity contribution in [1.82, 2.24) is 25.9 Å². The normalized spacial score (nSPS) is 10.7. The molecule has 0 spiro atoms. The molecule has 2 N–H and O–H groups in total. The molecule has 0 aliphatic heterocycles. The molecule has 0 atom stereocenters. The molecule has 0 bridgehead atoms. The van der Waals surface area contributed by atoms with Crippen LogP contribution in [-0.4, -0.2) is 33.1 Å². The Morgan fingerprint density at radius 3 is 3.00 bits per heavy atom. The molecule has 0 saturated heterocycles. The Labute approximate surface area is 118 Å². The van der Waals surface area contributed by atoms with E-state index in [-0.39, 0.29) is 5.56 Å². The van der Waals surface area contributed by atoms with Gasteiger partial charge in [0.05, 0.1) is 0 Å². The lowest BCUT2D eigenvalue weighted by atomic mass is 10.2. The number of amides is 1. The van der Waals surface area contributed by atoms with Crippen molar-refractivity contribution in [2.45, 2.75) is 6.42 Å². The molecule has 0 fully saturated rings. The maximum atomic E-state index is 12.0. The van der Waals surface area contributed by atoms with E-state index < -0.39 is 11.5 Å². The molecule has 8 nitrogen and oxygen atoms in total. The molecule has 106 valence electrons. The van der Waals surface area contributed by atoms with Crippen molar-refractivity contribution in [2.75, 3.05) is 6.54 Å². The van der Waals surface area contributed by atoms with Gasteiger partial charge >= 0.3 is 5.63 Å². The van der Waals surface area contributed by atoms with Crippen LogP contribution in [0.25, 0.3) is 11.0 Å². The topological polar surface area (TPSA) is 114 Å². The monoisotopic (exact) mass is 285 g/mol. The highest BCUT2D eigenvalue weighted by atomic mass is 16.4. The van der Waals surface area contributed by atoms with Crippen LogP contribution < -0.4 is 10.9 Å². The van der Waals surface area contributed by atoms with Crippen molar-refractivity contribution in [3.63, 3.8) is 0 Å². The van der Waals surface area contributed by atoms with E-state index in [9.17, 15) is 9.59 Å². The first-order valence-corrected chi connectivity index (χ1v) is 6.27. The summed E-state index contributed by atoms with van der Waals surface area (Å²) in [6, 6.07) is 8.53. The summed E-state index contributed by atoms with van der Waals surface area (Å²) >= 11 is 0. The van der Waals surface area contributed by atoms with Crippen molar-refractivity contribution < 1.29 is 9.21 Å². The quantitative estimate of drug-likeness (QED) is 0.665. The Balaban J connectivity index is 1.75. The number of fused-ring (bicyclic) bond motifs is 1. The standard InChI is InChI=1S/C13H11N5O3/c19-12(14-6-5-11-15-17-18-16-11)9-7-8-3-1-2-4-10(8)21-13(9)20/h1-4,7H,5-6H2,(H,14,19)(H,15,16,17,18). The van der Waals surface area contributed by atoms with Crippen LogP contribution in [0.1, 0.15) is 16.2 Å². The lowest BCUT2D eigenvalue weighted by Crippen LogP contribution is -2.30. The second-order valence-corrected chi connectivity index (χ2v) is 4.32. The highest BCUT2D eigenvalue weighted by Crippen LogP contribution is 2.12. The van der Waals surface area contributed by atoms with Gasteiger partial charge in [-0.2, -0.15) is 5.21 Å². The van der Waals surface area contributed by atoms with Gasteiger partial charge in [0.25, 0.3) is 5.91 Å². The third kappa shape index (κ3) is 2.78. The summed E-state index contributed by atoms with van der Waals surface area (Å²) in [7, 11) is 0. The molecule has 2 aromatic heterocycles. The fraction of sp³-hybridized carbons (Fsp3) is 0.154. The summed E-state index contributed by atoms with van der Waals surface area (Å²) in [5.74, 6) is -0.00107. The Bertz CT molecular complexity index is 825. The summed E-state index contributed by atoms with van der Waals surface area (Å²) < 4.78 is 5.11. The van der Waals surface area contributed by atoms with Crippen molar-refractivity contribution in [2.24, 2.45) is 0 Å². The summed E-state index contributed by atoms with van der Waals surface area (Å²) in [6.45, 7) is 0.296. The van der Waals surface area contributed by atoms with E-state index in [1.165, 1.54) is 6.07 Å². The number of H-pyrrole nitrogens is 1. The van der Waals surface area contributed by atoms with Crippen LogP contribution >= 0.6 is 0 Å². The van der Waals surface area contributed by atoms with Gasteiger partial charge in [0.2, 0.25) is 0 Å². The molecule has 8 heteroatoms. The minimum atomic E-state index is -0.661. The number of carbonyl (C=O) groups is 1. The minimum Gasteiger partial charge on any atom is -0.422 e. The maximum absolute atomic E-state index is 12.0. The number of nitrogens with zero attached hydrogens (tertiary/aromatic N) is 3.